The lowest BCUT2D eigenvalue weighted by atomic mass is 9.91. The zero-order chi connectivity index (χ0) is 15.4. The van der Waals surface area contributed by atoms with Crippen LogP contribution in [0.4, 0.5) is 0 Å². The molecule has 1 atom stereocenters. The van der Waals surface area contributed by atoms with Gasteiger partial charge < -0.3 is 5.32 Å². The summed E-state index contributed by atoms with van der Waals surface area (Å²) >= 11 is 0. The molecular formula is C20H27N. The molecule has 0 heterocycles. The van der Waals surface area contributed by atoms with Crippen LogP contribution in [0.5, 0.6) is 0 Å². The Morgan fingerprint density at radius 3 is 2.10 bits per heavy atom. The summed E-state index contributed by atoms with van der Waals surface area (Å²) in [6, 6.07) is 13.8. The van der Waals surface area contributed by atoms with Crippen LogP contribution in [0.15, 0.2) is 36.4 Å². The van der Waals surface area contributed by atoms with Gasteiger partial charge in [-0.15, -0.1) is 0 Å². The van der Waals surface area contributed by atoms with Gasteiger partial charge in [-0.1, -0.05) is 43.3 Å². The van der Waals surface area contributed by atoms with Crippen molar-refractivity contribution in [1.82, 2.24) is 5.32 Å². The molecule has 0 aliphatic carbocycles. The van der Waals surface area contributed by atoms with Crippen molar-refractivity contribution in [3.63, 3.8) is 0 Å². The van der Waals surface area contributed by atoms with E-state index in [1.165, 1.54) is 33.4 Å². The van der Waals surface area contributed by atoms with Crippen molar-refractivity contribution in [1.29, 1.82) is 0 Å². The standard InChI is InChI=1S/C20H27N/c1-6-21-19(20-15(3)8-7-9-16(20)4)13-18-11-10-14(2)17(5)12-18/h7-12,19,21H,6,13H2,1-5H3. The number of aryl methyl sites for hydroxylation is 4. The highest BCUT2D eigenvalue weighted by Crippen LogP contribution is 2.25. The molecule has 1 nitrogen and oxygen atoms in total. The van der Waals surface area contributed by atoms with E-state index in [1.807, 2.05) is 0 Å². The van der Waals surface area contributed by atoms with Crippen LogP contribution in [-0.4, -0.2) is 6.54 Å². The molecule has 21 heavy (non-hydrogen) atoms. The van der Waals surface area contributed by atoms with Crippen LogP contribution in [0.2, 0.25) is 0 Å². The van der Waals surface area contributed by atoms with E-state index < -0.39 is 0 Å². The van der Waals surface area contributed by atoms with Crippen molar-refractivity contribution in [2.24, 2.45) is 0 Å². The zero-order valence-electron chi connectivity index (χ0n) is 14.0. The number of benzene rings is 2. The minimum atomic E-state index is 0.387. The third-order valence-electron chi connectivity index (χ3n) is 4.35. The molecule has 2 aromatic rings. The lowest BCUT2D eigenvalue weighted by Gasteiger charge is -2.23. The number of likely N-dealkylation sites (N-methyl/N-ethyl adjacent to an activating group) is 1. The zero-order valence-corrected chi connectivity index (χ0v) is 14.0. The number of nitrogens with one attached hydrogen (secondary N) is 1. The number of hydrogen-bond donors (Lipinski definition) is 1. The fourth-order valence-corrected chi connectivity index (χ4v) is 3.07. The van der Waals surface area contributed by atoms with Crippen LogP contribution in [0.25, 0.3) is 0 Å². The van der Waals surface area contributed by atoms with E-state index in [9.17, 15) is 0 Å². The van der Waals surface area contributed by atoms with Crippen molar-refractivity contribution in [2.45, 2.75) is 47.1 Å². The van der Waals surface area contributed by atoms with Gasteiger partial charge in [-0.2, -0.15) is 0 Å². The molecule has 0 aromatic heterocycles. The number of rotatable bonds is 5. The Morgan fingerprint density at radius 2 is 1.52 bits per heavy atom. The van der Waals surface area contributed by atoms with Crippen molar-refractivity contribution in [3.8, 4) is 0 Å². The molecule has 0 radical (unpaired) electrons. The van der Waals surface area contributed by atoms with E-state index >= 15 is 0 Å². The van der Waals surface area contributed by atoms with Crippen LogP contribution < -0.4 is 5.32 Å². The quantitative estimate of drug-likeness (QED) is 0.829. The van der Waals surface area contributed by atoms with E-state index in [-0.39, 0.29) is 0 Å². The lowest BCUT2D eigenvalue weighted by molar-refractivity contribution is 0.544. The molecule has 1 heteroatoms. The molecule has 0 aliphatic rings. The summed E-state index contributed by atoms with van der Waals surface area (Å²) in [6.45, 7) is 12.0. The van der Waals surface area contributed by atoms with Crippen LogP contribution in [0.1, 0.15) is 46.3 Å². The van der Waals surface area contributed by atoms with E-state index in [2.05, 4.69) is 76.3 Å². The Labute approximate surface area is 129 Å². The highest BCUT2D eigenvalue weighted by Gasteiger charge is 2.15. The lowest BCUT2D eigenvalue weighted by Crippen LogP contribution is -2.24. The van der Waals surface area contributed by atoms with Crippen LogP contribution in [0.3, 0.4) is 0 Å². The Hall–Kier alpha value is -1.60. The highest BCUT2D eigenvalue weighted by atomic mass is 14.9. The number of hydrogen-bond acceptors (Lipinski definition) is 1. The van der Waals surface area contributed by atoms with Crippen molar-refractivity contribution < 1.29 is 0 Å². The molecule has 0 spiro atoms. The predicted molar refractivity (Wildman–Crippen MR) is 92.0 cm³/mol. The molecule has 2 aromatic carbocycles. The minimum absolute atomic E-state index is 0.387. The third-order valence-corrected chi connectivity index (χ3v) is 4.35. The molecule has 2 rings (SSSR count). The van der Waals surface area contributed by atoms with Crippen molar-refractivity contribution in [3.05, 3.63) is 69.8 Å². The second-order valence-corrected chi connectivity index (χ2v) is 6.04. The molecule has 0 bridgehead atoms. The molecule has 112 valence electrons. The van der Waals surface area contributed by atoms with Gasteiger partial charge in [-0.3, -0.25) is 0 Å². The third kappa shape index (κ3) is 3.74. The normalized spacial score (nSPS) is 12.4. The molecule has 0 amide bonds. The van der Waals surface area contributed by atoms with E-state index in [0.717, 1.165) is 13.0 Å². The fourth-order valence-electron chi connectivity index (χ4n) is 3.07. The first kappa shape index (κ1) is 15.8. The van der Waals surface area contributed by atoms with Gasteiger partial charge in [0.05, 0.1) is 0 Å². The van der Waals surface area contributed by atoms with Crippen LogP contribution >= 0.6 is 0 Å². The van der Waals surface area contributed by atoms with Gasteiger partial charge >= 0.3 is 0 Å². The maximum Gasteiger partial charge on any atom is 0.0366 e. The minimum Gasteiger partial charge on any atom is -0.310 e. The summed E-state index contributed by atoms with van der Waals surface area (Å²) in [5.41, 5.74) is 8.37. The summed E-state index contributed by atoms with van der Waals surface area (Å²) in [6.07, 6.45) is 1.04. The second kappa shape index (κ2) is 6.91. The SMILES string of the molecule is CCNC(Cc1ccc(C)c(C)c1)c1c(C)cccc1C. The highest BCUT2D eigenvalue weighted by molar-refractivity contribution is 5.38. The summed E-state index contributed by atoms with van der Waals surface area (Å²) in [5, 5.41) is 3.66. The van der Waals surface area contributed by atoms with Gasteiger partial charge in [-0.25, -0.2) is 0 Å². The molecular weight excluding hydrogens is 254 g/mol. The van der Waals surface area contributed by atoms with E-state index in [4.69, 9.17) is 0 Å². The Kier molecular flexibility index (Phi) is 5.19. The molecule has 0 fully saturated rings. The molecule has 1 unspecified atom stereocenters. The fraction of sp³-hybridized carbons (Fsp3) is 0.400. The van der Waals surface area contributed by atoms with Gasteiger partial charge in [0, 0.05) is 6.04 Å². The topological polar surface area (TPSA) is 12.0 Å². The maximum absolute atomic E-state index is 3.66. The average molecular weight is 281 g/mol. The Balaban J connectivity index is 2.33. The first-order chi connectivity index (χ1) is 10.0. The average Bonchev–Trinajstić information content (AvgIpc) is 2.43. The summed E-state index contributed by atoms with van der Waals surface area (Å²) < 4.78 is 0. The first-order valence-corrected chi connectivity index (χ1v) is 7.88. The Bertz CT molecular complexity index is 593. The van der Waals surface area contributed by atoms with Gasteiger partial charge in [0.2, 0.25) is 0 Å². The maximum atomic E-state index is 3.66. The van der Waals surface area contributed by atoms with Crippen molar-refractivity contribution in [2.75, 3.05) is 6.54 Å². The second-order valence-electron chi connectivity index (χ2n) is 6.04. The molecule has 0 saturated carbocycles. The van der Waals surface area contributed by atoms with Crippen LogP contribution in [0, 0.1) is 27.7 Å². The first-order valence-electron chi connectivity index (χ1n) is 7.88. The molecule has 1 N–H and O–H groups in total. The van der Waals surface area contributed by atoms with Crippen LogP contribution in [-0.2, 0) is 6.42 Å². The Morgan fingerprint density at radius 1 is 0.857 bits per heavy atom. The summed E-state index contributed by atoms with van der Waals surface area (Å²) in [5.74, 6) is 0. The van der Waals surface area contributed by atoms with Crippen molar-refractivity contribution >= 4 is 0 Å². The van der Waals surface area contributed by atoms with Gasteiger partial charge in [0.25, 0.3) is 0 Å². The molecule has 0 saturated heterocycles. The monoisotopic (exact) mass is 281 g/mol. The predicted octanol–water partition coefficient (Wildman–Crippen LogP) is 4.81. The van der Waals surface area contributed by atoms with E-state index in [1.54, 1.807) is 0 Å². The summed E-state index contributed by atoms with van der Waals surface area (Å²) in [7, 11) is 0. The smallest absolute Gasteiger partial charge is 0.0366 e. The largest absolute Gasteiger partial charge is 0.310 e. The van der Waals surface area contributed by atoms with Gasteiger partial charge in [0.15, 0.2) is 0 Å². The van der Waals surface area contributed by atoms with Gasteiger partial charge in [-0.05, 0) is 74.0 Å². The molecule has 0 aliphatic heterocycles. The van der Waals surface area contributed by atoms with Gasteiger partial charge in [0.1, 0.15) is 0 Å². The van der Waals surface area contributed by atoms with E-state index in [0.29, 0.717) is 6.04 Å². The summed E-state index contributed by atoms with van der Waals surface area (Å²) in [4.78, 5) is 0.